The second-order valence-corrected chi connectivity index (χ2v) is 8.43. The van der Waals surface area contributed by atoms with Crippen molar-refractivity contribution in [1.82, 2.24) is 9.47 Å². The van der Waals surface area contributed by atoms with Crippen LogP contribution in [-0.4, -0.2) is 50.4 Å². The van der Waals surface area contributed by atoms with Gasteiger partial charge in [0.05, 0.1) is 4.91 Å². The zero-order chi connectivity index (χ0) is 21.3. The Kier molecular flexibility index (Phi) is 6.10. The van der Waals surface area contributed by atoms with Crippen LogP contribution >= 0.6 is 24.0 Å². The van der Waals surface area contributed by atoms with Crippen LogP contribution in [-0.2, 0) is 16.1 Å². The molecule has 0 bridgehead atoms. The highest BCUT2D eigenvalue weighted by Crippen LogP contribution is 2.36. The van der Waals surface area contributed by atoms with Crippen molar-refractivity contribution < 1.29 is 14.7 Å². The van der Waals surface area contributed by atoms with Gasteiger partial charge in [-0.2, -0.15) is 5.26 Å². The van der Waals surface area contributed by atoms with E-state index in [9.17, 15) is 19.6 Å². The predicted molar refractivity (Wildman–Crippen MR) is 115 cm³/mol. The molecule has 0 unspecified atom stereocenters. The molecule has 3 rings (SSSR count). The Labute approximate surface area is 177 Å². The number of carboxylic acid groups (broad SMARTS) is 1. The Bertz CT molecular complexity index is 1030. The lowest BCUT2D eigenvalue weighted by Crippen LogP contribution is -2.33. The van der Waals surface area contributed by atoms with Gasteiger partial charge in [-0.05, 0) is 38.3 Å². The number of aliphatic carboxylic acids is 1. The lowest BCUT2D eigenvalue weighted by Gasteiger charge is -2.26. The predicted octanol–water partition coefficient (Wildman–Crippen LogP) is 1.93. The highest BCUT2D eigenvalue weighted by Gasteiger charge is 2.34. The van der Waals surface area contributed by atoms with Crippen molar-refractivity contribution in [1.29, 1.82) is 5.26 Å². The number of aromatic nitrogens is 1. The van der Waals surface area contributed by atoms with Gasteiger partial charge in [-0.25, -0.2) is 0 Å². The quantitative estimate of drug-likeness (QED) is 0.556. The maximum absolute atomic E-state index is 12.8. The van der Waals surface area contributed by atoms with Crippen molar-refractivity contribution >= 4 is 52.1 Å². The fraction of sp³-hybridized carbons (Fsp3) is 0.421. The van der Waals surface area contributed by atoms with Crippen LogP contribution in [0.15, 0.2) is 9.70 Å². The highest BCUT2D eigenvalue weighted by molar-refractivity contribution is 8.26. The molecule has 152 valence electrons. The number of carboxylic acids is 1. The summed E-state index contributed by atoms with van der Waals surface area (Å²) in [6, 6.07) is 1.99. The number of thiocarbonyl (C=S) groups is 1. The molecular weight excluding hydrogens is 412 g/mol. The molecule has 2 saturated heterocycles. The maximum Gasteiger partial charge on any atom is 0.323 e. The van der Waals surface area contributed by atoms with E-state index in [1.807, 2.05) is 13.0 Å². The number of amides is 1. The maximum atomic E-state index is 12.8. The molecule has 1 aromatic rings. The van der Waals surface area contributed by atoms with Gasteiger partial charge in [0.2, 0.25) is 0 Å². The molecule has 2 aliphatic heterocycles. The van der Waals surface area contributed by atoms with Crippen molar-refractivity contribution in [2.45, 2.75) is 33.2 Å². The van der Waals surface area contributed by atoms with Crippen LogP contribution in [0.25, 0.3) is 6.08 Å². The summed E-state index contributed by atoms with van der Waals surface area (Å²) in [7, 11) is 0. The summed E-state index contributed by atoms with van der Waals surface area (Å²) in [5.74, 6) is -0.945. The summed E-state index contributed by atoms with van der Waals surface area (Å²) >= 11 is 6.19. The number of rotatable bonds is 5. The molecular formula is C19H20N4O4S2. The first-order valence-corrected chi connectivity index (χ1v) is 10.4. The van der Waals surface area contributed by atoms with Gasteiger partial charge < -0.3 is 10.0 Å². The minimum absolute atomic E-state index is 0.0436. The average Bonchev–Trinajstić information content (AvgIpc) is 3.28. The molecule has 3 heterocycles. The number of carbonyl (C=O) groups excluding carboxylic acids is 1. The Morgan fingerprint density at radius 1 is 1.34 bits per heavy atom. The van der Waals surface area contributed by atoms with Crippen LogP contribution in [0.1, 0.15) is 36.5 Å². The first-order chi connectivity index (χ1) is 13.8. The summed E-state index contributed by atoms with van der Waals surface area (Å²) in [5.41, 5.74) is 0.834. The molecule has 0 aliphatic carbocycles. The van der Waals surface area contributed by atoms with Gasteiger partial charge in [-0.3, -0.25) is 23.9 Å². The molecule has 29 heavy (non-hydrogen) atoms. The van der Waals surface area contributed by atoms with Gasteiger partial charge in [-0.1, -0.05) is 24.0 Å². The lowest BCUT2D eigenvalue weighted by atomic mass is 10.0. The van der Waals surface area contributed by atoms with Crippen LogP contribution in [0.4, 0.5) is 5.82 Å². The van der Waals surface area contributed by atoms with E-state index in [1.165, 1.54) is 0 Å². The molecule has 0 spiro atoms. The lowest BCUT2D eigenvalue weighted by molar-refractivity contribution is -0.140. The third-order valence-corrected chi connectivity index (χ3v) is 6.39. The van der Waals surface area contributed by atoms with Gasteiger partial charge in [0.15, 0.2) is 0 Å². The molecule has 0 saturated carbocycles. The minimum atomic E-state index is -1.15. The second-order valence-electron chi connectivity index (χ2n) is 6.75. The average molecular weight is 433 g/mol. The van der Waals surface area contributed by atoms with Crippen LogP contribution in [0.2, 0.25) is 0 Å². The standard InChI is InChI=1S/C19H20N4O4S2/c1-3-22-16(21-6-4-5-7-21)12(11(2)13(9-20)17(22)26)8-14-18(27)23(10-15(24)25)19(28)29-14/h8H,3-7,10H2,1-2H3,(H,24,25)/b14-8-. The molecule has 1 N–H and O–H groups in total. The normalized spacial score (nSPS) is 18.0. The fourth-order valence-corrected chi connectivity index (χ4v) is 4.85. The van der Waals surface area contributed by atoms with Crippen molar-refractivity contribution in [3.05, 3.63) is 31.9 Å². The number of hydrogen-bond acceptors (Lipinski definition) is 7. The molecule has 0 radical (unpaired) electrons. The monoisotopic (exact) mass is 432 g/mol. The van der Waals surface area contributed by atoms with Crippen molar-refractivity contribution in [3.63, 3.8) is 0 Å². The number of thioether (sulfide) groups is 1. The summed E-state index contributed by atoms with van der Waals surface area (Å²) in [6.45, 7) is 4.99. The first-order valence-electron chi connectivity index (χ1n) is 9.19. The second kappa shape index (κ2) is 8.39. The van der Waals surface area contributed by atoms with Crippen LogP contribution in [0.3, 0.4) is 0 Å². The van der Waals surface area contributed by atoms with Crippen molar-refractivity contribution in [3.8, 4) is 6.07 Å². The third kappa shape index (κ3) is 3.80. The van der Waals surface area contributed by atoms with E-state index in [4.69, 9.17) is 17.3 Å². The molecule has 0 atom stereocenters. The molecule has 8 nitrogen and oxygen atoms in total. The van der Waals surface area contributed by atoms with E-state index in [0.29, 0.717) is 23.5 Å². The Hall–Kier alpha value is -2.64. The van der Waals surface area contributed by atoms with Crippen LogP contribution in [0, 0.1) is 18.3 Å². The first kappa shape index (κ1) is 21.1. The van der Waals surface area contributed by atoms with Crippen LogP contribution in [0.5, 0.6) is 0 Å². The summed E-state index contributed by atoms with van der Waals surface area (Å²) in [5, 5.41) is 18.6. The van der Waals surface area contributed by atoms with E-state index in [2.05, 4.69) is 4.90 Å². The van der Waals surface area contributed by atoms with Crippen LogP contribution < -0.4 is 10.5 Å². The van der Waals surface area contributed by atoms with E-state index < -0.39 is 18.4 Å². The number of nitrogens with zero attached hydrogens (tertiary/aromatic N) is 4. The zero-order valence-electron chi connectivity index (χ0n) is 16.1. The number of nitriles is 1. The highest BCUT2D eigenvalue weighted by atomic mass is 32.2. The molecule has 2 aliphatic rings. The van der Waals surface area contributed by atoms with Crippen molar-refractivity contribution in [2.75, 3.05) is 24.5 Å². The summed E-state index contributed by atoms with van der Waals surface area (Å²) in [6.07, 6.45) is 3.63. The number of hydrogen-bond donors (Lipinski definition) is 1. The zero-order valence-corrected chi connectivity index (χ0v) is 17.7. The Morgan fingerprint density at radius 3 is 2.55 bits per heavy atom. The topological polar surface area (TPSA) is 107 Å². The molecule has 1 aromatic heterocycles. The third-order valence-electron chi connectivity index (χ3n) is 5.01. The molecule has 10 heteroatoms. The number of anilines is 1. The molecule has 0 aromatic carbocycles. The van der Waals surface area contributed by atoms with Gasteiger partial charge >= 0.3 is 5.97 Å². The van der Waals surface area contributed by atoms with E-state index in [1.54, 1.807) is 17.6 Å². The smallest absolute Gasteiger partial charge is 0.323 e. The summed E-state index contributed by atoms with van der Waals surface area (Å²) in [4.78, 5) is 40.0. The fourth-order valence-electron chi connectivity index (χ4n) is 3.61. The Morgan fingerprint density at radius 2 is 2.00 bits per heavy atom. The van der Waals surface area contributed by atoms with Gasteiger partial charge in [0.25, 0.3) is 11.5 Å². The minimum Gasteiger partial charge on any atom is -0.480 e. The Balaban J connectivity index is 2.21. The van der Waals surface area contributed by atoms with Gasteiger partial charge in [0, 0.05) is 25.2 Å². The van der Waals surface area contributed by atoms with Gasteiger partial charge in [0.1, 0.15) is 28.3 Å². The largest absolute Gasteiger partial charge is 0.480 e. The number of carbonyl (C=O) groups is 2. The van der Waals surface area contributed by atoms with E-state index in [-0.39, 0.29) is 20.3 Å². The van der Waals surface area contributed by atoms with Gasteiger partial charge in [-0.15, -0.1) is 0 Å². The van der Waals surface area contributed by atoms with E-state index >= 15 is 0 Å². The van der Waals surface area contributed by atoms with Crippen molar-refractivity contribution in [2.24, 2.45) is 0 Å². The summed E-state index contributed by atoms with van der Waals surface area (Å²) < 4.78 is 1.74. The molecule has 2 fully saturated rings. The number of pyridine rings is 1. The van der Waals surface area contributed by atoms with E-state index in [0.717, 1.165) is 42.6 Å². The molecule has 1 amide bonds. The SMILES string of the molecule is CCn1c(N2CCCC2)c(/C=C2\SC(=S)N(CC(=O)O)C2=O)c(C)c(C#N)c1=O.